The summed E-state index contributed by atoms with van der Waals surface area (Å²) in [4.78, 5) is 0. The summed E-state index contributed by atoms with van der Waals surface area (Å²) in [6.45, 7) is 4.08. The molecule has 0 spiro atoms. The average Bonchev–Trinajstić information content (AvgIpc) is 2.22. The van der Waals surface area contributed by atoms with Gasteiger partial charge in [-0.2, -0.15) is 0 Å². The maximum atomic E-state index is 5.07. The van der Waals surface area contributed by atoms with Crippen LogP contribution in [0.25, 0.3) is 0 Å². The van der Waals surface area contributed by atoms with Gasteiger partial charge in [-0.1, -0.05) is 12.2 Å². The van der Waals surface area contributed by atoms with E-state index in [4.69, 9.17) is 4.74 Å². The third-order valence-corrected chi connectivity index (χ3v) is 1.14. The Morgan fingerprint density at radius 3 is 2.29 bits per heavy atom. The lowest BCUT2D eigenvalue weighted by atomic mass is 10.3. The monoisotopic (exact) mass is 98.1 g/mol. The highest BCUT2D eigenvalue weighted by Gasteiger charge is 2.30. The molecule has 7 heavy (non-hydrogen) atoms. The number of rotatable bonds is 1. The second kappa shape index (κ2) is 1.66. The van der Waals surface area contributed by atoms with Gasteiger partial charge in [-0.25, -0.2) is 0 Å². The molecule has 40 valence electrons. The lowest BCUT2D eigenvalue weighted by Crippen LogP contribution is -1.78. The Morgan fingerprint density at radius 2 is 2.14 bits per heavy atom. The first kappa shape index (κ1) is 4.85. The van der Waals surface area contributed by atoms with E-state index in [0.29, 0.717) is 12.2 Å². The van der Waals surface area contributed by atoms with Gasteiger partial charge in [0.05, 0.1) is 6.10 Å². The van der Waals surface area contributed by atoms with Crippen LogP contribution in [-0.2, 0) is 4.74 Å². The number of hydrogen-bond acceptors (Lipinski definition) is 1. The fraction of sp³-hybridized carbons (Fsp3) is 0.667. The van der Waals surface area contributed by atoms with Gasteiger partial charge in [-0.3, -0.25) is 0 Å². The van der Waals surface area contributed by atoms with Crippen molar-refractivity contribution in [3.63, 3.8) is 0 Å². The van der Waals surface area contributed by atoms with Crippen molar-refractivity contribution in [1.29, 1.82) is 0 Å². The van der Waals surface area contributed by atoms with E-state index < -0.39 is 0 Å². The standard InChI is InChI=1S/C6H10O/c1-3-4-6-5(2)7-6/h3-6H,1-2H3. The van der Waals surface area contributed by atoms with Crippen molar-refractivity contribution < 1.29 is 4.74 Å². The van der Waals surface area contributed by atoms with E-state index in [9.17, 15) is 0 Å². The van der Waals surface area contributed by atoms with Crippen LogP contribution in [-0.4, -0.2) is 12.2 Å². The van der Waals surface area contributed by atoms with Crippen molar-refractivity contribution in [2.24, 2.45) is 0 Å². The molecule has 0 N–H and O–H groups in total. The molecular formula is C6H10O. The molecule has 0 amide bonds. The zero-order valence-corrected chi connectivity index (χ0v) is 4.72. The highest BCUT2D eigenvalue weighted by molar-refractivity contribution is 4.98. The second-order valence-electron chi connectivity index (χ2n) is 1.83. The SMILES string of the molecule is CC=CC1OC1C. The smallest absolute Gasteiger partial charge is 0.102 e. The molecule has 1 aliphatic heterocycles. The van der Waals surface area contributed by atoms with E-state index in [1.165, 1.54) is 0 Å². The van der Waals surface area contributed by atoms with Crippen molar-refractivity contribution in [3.05, 3.63) is 12.2 Å². The Kier molecular flexibility index (Phi) is 1.15. The first-order valence-electron chi connectivity index (χ1n) is 2.63. The third-order valence-electron chi connectivity index (χ3n) is 1.14. The molecule has 1 heteroatoms. The maximum Gasteiger partial charge on any atom is 0.102 e. The van der Waals surface area contributed by atoms with Crippen LogP contribution in [0.5, 0.6) is 0 Å². The number of ether oxygens (including phenoxy) is 1. The first-order valence-corrected chi connectivity index (χ1v) is 2.63. The topological polar surface area (TPSA) is 12.5 Å². The van der Waals surface area contributed by atoms with Crippen molar-refractivity contribution in [1.82, 2.24) is 0 Å². The summed E-state index contributed by atoms with van der Waals surface area (Å²) in [6.07, 6.45) is 5.01. The summed E-state index contributed by atoms with van der Waals surface area (Å²) in [5.74, 6) is 0. The van der Waals surface area contributed by atoms with Crippen LogP contribution in [0.3, 0.4) is 0 Å². The van der Waals surface area contributed by atoms with E-state index in [2.05, 4.69) is 13.0 Å². The molecule has 1 nitrogen and oxygen atoms in total. The fourth-order valence-corrected chi connectivity index (χ4v) is 0.594. The minimum atomic E-state index is 0.435. The predicted octanol–water partition coefficient (Wildman–Crippen LogP) is 1.35. The van der Waals surface area contributed by atoms with Crippen molar-refractivity contribution in [2.45, 2.75) is 26.1 Å². The van der Waals surface area contributed by atoms with Gasteiger partial charge in [0.15, 0.2) is 0 Å². The zero-order chi connectivity index (χ0) is 5.28. The lowest BCUT2D eigenvalue weighted by Gasteiger charge is -1.69. The van der Waals surface area contributed by atoms with E-state index in [0.717, 1.165) is 0 Å². The molecule has 2 atom stereocenters. The summed E-state index contributed by atoms with van der Waals surface area (Å²) in [5.41, 5.74) is 0. The first-order chi connectivity index (χ1) is 3.34. The molecule has 0 aromatic rings. The highest BCUT2D eigenvalue weighted by Crippen LogP contribution is 2.21. The Morgan fingerprint density at radius 1 is 1.57 bits per heavy atom. The lowest BCUT2D eigenvalue weighted by molar-refractivity contribution is 0.400. The molecule has 2 unspecified atom stereocenters. The molecule has 0 bridgehead atoms. The van der Waals surface area contributed by atoms with E-state index in [1.807, 2.05) is 13.0 Å². The number of allylic oxidation sites excluding steroid dienone is 1. The number of hydrogen-bond donors (Lipinski definition) is 0. The molecule has 1 heterocycles. The summed E-state index contributed by atoms with van der Waals surface area (Å²) in [7, 11) is 0. The molecule has 1 rings (SSSR count). The molecule has 0 radical (unpaired) electrons. The van der Waals surface area contributed by atoms with Crippen molar-refractivity contribution >= 4 is 0 Å². The van der Waals surface area contributed by atoms with E-state index >= 15 is 0 Å². The second-order valence-corrected chi connectivity index (χ2v) is 1.83. The van der Waals surface area contributed by atoms with Crippen LogP contribution < -0.4 is 0 Å². The van der Waals surface area contributed by atoms with Gasteiger partial charge in [-0.15, -0.1) is 0 Å². The molecule has 1 saturated heterocycles. The van der Waals surface area contributed by atoms with Crippen LogP contribution in [0, 0.1) is 0 Å². The predicted molar refractivity (Wildman–Crippen MR) is 29.1 cm³/mol. The fourth-order valence-electron chi connectivity index (χ4n) is 0.594. The molecule has 0 aliphatic carbocycles. The largest absolute Gasteiger partial charge is 0.365 e. The average molecular weight is 98.1 g/mol. The van der Waals surface area contributed by atoms with Gasteiger partial charge in [0.2, 0.25) is 0 Å². The van der Waals surface area contributed by atoms with Crippen molar-refractivity contribution in [2.75, 3.05) is 0 Å². The van der Waals surface area contributed by atoms with Crippen LogP contribution in [0.2, 0.25) is 0 Å². The summed E-state index contributed by atoms with van der Waals surface area (Å²) >= 11 is 0. The Balaban J connectivity index is 2.21. The Bertz CT molecular complexity index is 86.2. The van der Waals surface area contributed by atoms with E-state index in [1.54, 1.807) is 0 Å². The third kappa shape index (κ3) is 1.03. The molecule has 0 aromatic carbocycles. The van der Waals surface area contributed by atoms with Gasteiger partial charge in [0.25, 0.3) is 0 Å². The van der Waals surface area contributed by atoms with Crippen molar-refractivity contribution in [3.8, 4) is 0 Å². The van der Waals surface area contributed by atoms with Gasteiger partial charge in [0, 0.05) is 0 Å². The molecule has 1 fully saturated rings. The Hall–Kier alpha value is -0.300. The van der Waals surface area contributed by atoms with Crippen LogP contribution in [0.4, 0.5) is 0 Å². The van der Waals surface area contributed by atoms with Gasteiger partial charge >= 0.3 is 0 Å². The molecular weight excluding hydrogens is 88.1 g/mol. The quantitative estimate of drug-likeness (QED) is 0.356. The molecule has 0 aromatic heterocycles. The maximum absolute atomic E-state index is 5.07. The molecule has 1 aliphatic rings. The van der Waals surface area contributed by atoms with E-state index in [-0.39, 0.29) is 0 Å². The van der Waals surface area contributed by atoms with Crippen LogP contribution in [0.1, 0.15) is 13.8 Å². The van der Waals surface area contributed by atoms with Crippen LogP contribution >= 0.6 is 0 Å². The molecule has 0 saturated carbocycles. The normalized spacial score (nSPS) is 39.7. The number of epoxide rings is 1. The van der Waals surface area contributed by atoms with Gasteiger partial charge in [-0.05, 0) is 13.8 Å². The summed E-state index contributed by atoms with van der Waals surface area (Å²) < 4.78 is 5.07. The van der Waals surface area contributed by atoms with Gasteiger partial charge < -0.3 is 4.74 Å². The Labute approximate surface area is 44.0 Å². The van der Waals surface area contributed by atoms with Gasteiger partial charge in [0.1, 0.15) is 6.10 Å². The van der Waals surface area contributed by atoms with Crippen LogP contribution in [0.15, 0.2) is 12.2 Å². The summed E-state index contributed by atoms with van der Waals surface area (Å²) in [6, 6.07) is 0. The minimum Gasteiger partial charge on any atom is -0.365 e. The highest BCUT2D eigenvalue weighted by atomic mass is 16.6. The minimum absolute atomic E-state index is 0.435. The zero-order valence-electron chi connectivity index (χ0n) is 4.72. The summed E-state index contributed by atoms with van der Waals surface area (Å²) in [5, 5.41) is 0.